The standard InChI is InChI=1S/C17H7F8N3OS/c18-10-6-5-9(17(23,24)25)12(19)11(10)13-26-15(30-28-13)27-14(29)7-3-1-2-4-8(7)16(20,21)22/h1-6H,(H,26,27,28,29). The molecule has 1 aromatic heterocycles. The number of nitrogens with zero attached hydrogens (tertiary/aromatic N) is 2. The molecule has 13 heteroatoms. The molecule has 1 amide bonds. The minimum absolute atomic E-state index is 0.206. The van der Waals surface area contributed by atoms with Crippen LogP contribution in [0.2, 0.25) is 0 Å². The Morgan fingerprint density at radius 2 is 1.53 bits per heavy atom. The second kappa shape index (κ2) is 7.63. The highest BCUT2D eigenvalue weighted by atomic mass is 32.1. The Morgan fingerprint density at radius 1 is 0.900 bits per heavy atom. The van der Waals surface area contributed by atoms with Crippen LogP contribution in [0.3, 0.4) is 0 Å². The summed E-state index contributed by atoms with van der Waals surface area (Å²) < 4.78 is 109. The Bertz CT molecular complexity index is 1110. The number of anilines is 1. The van der Waals surface area contributed by atoms with Gasteiger partial charge >= 0.3 is 12.4 Å². The third-order valence-corrected chi connectivity index (χ3v) is 4.37. The number of rotatable bonds is 3. The summed E-state index contributed by atoms with van der Waals surface area (Å²) in [6, 6.07) is 4.41. The molecule has 0 saturated carbocycles. The van der Waals surface area contributed by atoms with Gasteiger partial charge in [0.2, 0.25) is 5.13 Å². The van der Waals surface area contributed by atoms with Gasteiger partial charge in [-0.2, -0.15) is 35.7 Å². The molecule has 0 radical (unpaired) electrons. The topological polar surface area (TPSA) is 54.9 Å². The Balaban J connectivity index is 1.94. The Hall–Kier alpha value is -3.09. The first-order valence-electron chi connectivity index (χ1n) is 7.76. The molecular weight excluding hydrogens is 446 g/mol. The van der Waals surface area contributed by atoms with E-state index in [0.29, 0.717) is 23.7 Å². The minimum Gasteiger partial charge on any atom is -0.297 e. The summed E-state index contributed by atoms with van der Waals surface area (Å²) in [6.45, 7) is 0. The Labute approximate surface area is 166 Å². The lowest BCUT2D eigenvalue weighted by Gasteiger charge is -2.11. The lowest BCUT2D eigenvalue weighted by molar-refractivity contribution is -0.140. The number of hydrogen-bond donors (Lipinski definition) is 1. The zero-order chi connectivity index (χ0) is 22.3. The summed E-state index contributed by atoms with van der Waals surface area (Å²) in [6.07, 6.45) is -9.94. The van der Waals surface area contributed by atoms with Crippen LogP contribution in [0.15, 0.2) is 36.4 Å². The molecule has 1 N–H and O–H groups in total. The van der Waals surface area contributed by atoms with Gasteiger partial charge in [-0.05, 0) is 24.3 Å². The van der Waals surface area contributed by atoms with Crippen LogP contribution in [0.1, 0.15) is 21.5 Å². The highest BCUT2D eigenvalue weighted by Crippen LogP contribution is 2.37. The molecule has 0 saturated heterocycles. The van der Waals surface area contributed by atoms with Crippen molar-refractivity contribution >= 4 is 22.6 Å². The van der Waals surface area contributed by atoms with E-state index in [1.165, 1.54) is 6.07 Å². The van der Waals surface area contributed by atoms with E-state index in [-0.39, 0.29) is 6.07 Å². The maximum atomic E-state index is 14.2. The first kappa shape index (κ1) is 21.6. The summed E-state index contributed by atoms with van der Waals surface area (Å²) in [5.41, 5.74) is -4.92. The molecule has 0 bridgehead atoms. The van der Waals surface area contributed by atoms with Crippen molar-refractivity contribution in [2.45, 2.75) is 12.4 Å². The molecule has 158 valence electrons. The van der Waals surface area contributed by atoms with E-state index < -0.39 is 63.1 Å². The smallest absolute Gasteiger partial charge is 0.297 e. The van der Waals surface area contributed by atoms with E-state index in [9.17, 15) is 39.9 Å². The SMILES string of the molecule is O=C(Nc1nc(-c2c(F)ccc(C(F)(F)F)c2F)ns1)c1ccccc1C(F)(F)F. The number of hydrogen-bond acceptors (Lipinski definition) is 4. The molecule has 1 heterocycles. The molecule has 2 aromatic carbocycles. The molecule has 0 spiro atoms. The number of aromatic nitrogens is 2. The molecule has 0 atom stereocenters. The van der Waals surface area contributed by atoms with Crippen molar-refractivity contribution in [2.24, 2.45) is 0 Å². The number of carbonyl (C=O) groups is 1. The van der Waals surface area contributed by atoms with Crippen LogP contribution in [0.4, 0.5) is 40.3 Å². The maximum Gasteiger partial charge on any atom is 0.419 e. The number of halogens is 8. The predicted octanol–water partition coefficient (Wildman–Crippen LogP) is 5.77. The summed E-state index contributed by atoms with van der Waals surface area (Å²) >= 11 is 0.323. The van der Waals surface area contributed by atoms with Crippen LogP contribution in [0.5, 0.6) is 0 Å². The van der Waals surface area contributed by atoms with Gasteiger partial charge in [-0.15, -0.1) is 0 Å². The highest BCUT2D eigenvalue weighted by Gasteiger charge is 2.37. The number of nitrogens with one attached hydrogen (secondary N) is 1. The first-order valence-corrected chi connectivity index (χ1v) is 8.53. The number of alkyl halides is 6. The Kier molecular flexibility index (Phi) is 5.50. The summed E-state index contributed by atoms with van der Waals surface area (Å²) in [4.78, 5) is 15.7. The lowest BCUT2D eigenvalue weighted by Crippen LogP contribution is -2.18. The molecule has 0 aliphatic rings. The van der Waals surface area contributed by atoms with Gasteiger partial charge in [0.25, 0.3) is 5.91 Å². The van der Waals surface area contributed by atoms with Crippen molar-refractivity contribution in [3.05, 3.63) is 64.7 Å². The third-order valence-electron chi connectivity index (χ3n) is 3.74. The fourth-order valence-corrected chi connectivity index (χ4v) is 3.02. The second-order valence-electron chi connectivity index (χ2n) is 5.70. The monoisotopic (exact) mass is 453 g/mol. The van der Waals surface area contributed by atoms with Crippen LogP contribution in [-0.4, -0.2) is 15.3 Å². The van der Waals surface area contributed by atoms with Gasteiger partial charge in [-0.1, -0.05) is 12.1 Å². The third kappa shape index (κ3) is 4.25. The quantitative estimate of drug-likeness (QED) is 0.512. The van der Waals surface area contributed by atoms with E-state index in [0.717, 1.165) is 12.1 Å². The molecule has 0 unspecified atom stereocenters. The normalized spacial score (nSPS) is 12.1. The minimum atomic E-state index is -5.11. The second-order valence-corrected chi connectivity index (χ2v) is 6.45. The molecule has 3 aromatic rings. The number of benzene rings is 2. The Morgan fingerprint density at radius 3 is 2.17 bits per heavy atom. The van der Waals surface area contributed by atoms with Gasteiger partial charge in [0, 0.05) is 11.5 Å². The van der Waals surface area contributed by atoms with Crippen LogP contribution < -0.4 is 5.32 Å². The fourth-order valence-electron chi connectivity index (χ4n) is 2.44. The molecule has 0 aliphatic carbocycles. The van der Waals surface area contributed by atoms with Gasteiger partial charge in [-0.3, -0.25) is 10.1 Å². The molecule has 3 rings (SSSR count). The van der Waals surface area contributed by atoms with Crippen LogP contribution >= 0.6 is 11.5 Å². The van der Waals surface area contributed by atoms with Gasteiger partial charge in [0.15, 0.2) is 5.82 Å². The van der Waals surface area contributed by atoms with Crippen LogP contribution in [0.25, 0.3) is 11.4 Å². The van der Waals surface area contributed by atoms with E-state index in [2.05, 4.69) is 9.36 Å². The van der Waals surface area contributed by atoms with Crippen molar-refractivity contribution in [3.63, 3.8) is 0 Å². The van der Waals surface area contributed by atoms with Crippen molar-refractivity contribution < 1.29 is 39.9 Å². The number of carbonyl (C=O) groups excluding carboxylic acids is 1. The van der Waals surface area contributed by atoms with Crippen molar-refractivity contribution in [3.8, 4) is 11.4 Å². The van der Waals surface area contributed by atoms with E-state index in [4.69, 9.17) is 0 Å². The number of amides is 1. The van der Waals surface area contributed by atoms with Crippen LogP contribution in [-0.2, 0) is 12.4 Å². The zero-order valence-corrected chi connectivity index (χ0v) is 15.0. The van der Waals surface area contributed by atoms with Crippen LogP contribution in [0, 0.1) is 11.6 Å². The zero-order valence-electron chi connectivity index (χ0n) is 14.2. The summed E-state index contributed by atoms with van der Waals surface area (Å²) in [7, 11) is 0. The van der Waals surface area contributed by atoms with Crippen molar-refractivity contribution in [1.82, 2.24) is 9.36 Å². The highest BCUT2D eigenvalue weighted by molar-refractivity contribution is 7.10. The largest absolute Gasteiger partial charge is 0.419 e. The fraction of sp³-hybridized carbons (Fsp3) is 0.118. The van der Waals surface area contributed by atoms with Gasteiger partial charge in [0.1, 0.15) is 11.6 Å². The van der Waals surface area contributed by atoms with Crippen molar-refractivity contribution in [2.75, 3.05) is 5.32 Å². The molecular formula is C17H7F8N3OS. The molecule has 0 fully saturated rings. The molecule has 0 aliphatic heterocycles. The van der Waals surface area contributed by atoms with E-state index >= 15 is 0 Å². The van der Waals surface area contributed by atoms with Crippen molar-refractivity contribution in [1.29, 1.82) is 0 Å². The average molecular weight is 453 g/mol. The van der Waals surface area contributed by atoms with Gasteiger partial charge in [0.05, 0.1) is 22.3 Å². The first-order chi connectivity index (χ1) is 13.9. The van der Waals surface area contributed by atoms with Gasteiger partial charge in [-0.25, -0.2) is 8.78 Å². The maximum absolute atomic E-state index is 14.2. The van der Waals surface area contributed by atoms with Gasteiger partial charge < -0.3 is 0 Å². The molecule has 4 nitrogen and oxygen atoms in total. The predicted molar refractivity (Wildman–Crippen MR) is 89.7 cm³/mol. The van der Waals surface area contributed by atoms with E-state index in [1.807, 2.05) is 5.32 Å². The summed E-state index contributed by atoms with van der Waals surface area (Å²) in [5, 5.41) is 1.51. The average Bonchev–Trinajstić information content (AvgIpc) is 3.07. The van der Waals surface area contributed by atoms with E-state index in [1.54, 1.807) is 0 Å². The summed E-state index contributed by atoms with van der Waals surface area (Å²) in [5.74, 6) is -5.39. The molecule has 30 heavy (non-hydrogen) atoms. The lowest BCUT2D eigenvalue weighted by atomic mass is 10.1.